The molecule has 0 spiro atoms. The minimum absolute atomic E-state index is 0.101. The van der Waals surface area contributed by atoms with Crippen molar-refractivity contribution in [3.8, 4) is 0 Å². The van der Waals surface area contributed by atoms with Gasteiger partial charge in [-0.1, -0.05) is 329 Å². The Morgan fingerprint density at radius 2 is 0.562 bits per heavy atom. The molecule has 96 heavy (non-hydrogen) atoms. The first-order valence-electron chi connectivity index (χ1n) is 39.5. The Morgan fingerprint density at radius 1 is 0.323 bits per heavy atom. The number of phosphoric acid groups is 2. The van der Waals surface area contributed by atoms with Crippen LogP contribution in [0.4, 0.5) is 0 Å². The van der Waals surface area contributed by atoms with Crippen LogP contribution in [0.25, 0.3) is 0 Å². The van der Waals surface area contributed by atoms with Gasteiger partial charge in [0.15, 0.2) is 12.2 Å². The Balaban J connectivity index is 5.26. The van der Waals surface area contributed by atoms with Crippen molar-refractivity contribution in [2.45, 2.75) is 400 Å². The number of hydrogen-bond acceptors (Lipinski definition) is 15. The first-order chi connectivity index (χ1) is 46.5. The molecule has 2 unspecified atom stereocenters. The molecule has 0 saturated heterocycles. The Kier molecular flexibility index (Phi) is 67.8. The number of carbonyl (C=O) groups excluding carboxylic acids is 4. The molecule has 19 heteroatoms. The number of allylic oxidation sites excluding steroid dienone is 4. The smallest absolute Gasteiger partial charge is 0.462 e. The molecule has 0 aromatic carbocycles. The molecule has 0 aliphatic rings. The van der Waals surface area contributed by atoms with Crippen molar-refractivity contribution in [1.82, 2.24) is 0 Å². The molecule has 0 radical (unpaired) electrons. The highest BCUT2D eigenvalue weighted by atomic mass is 31.2. The van der Waals surface area contributed by atoms with Gasteiger partial charge in [0.2, 0.25) is 0 Å². The van der Waals surface area contributed by atoms with E-state index in [4.69, 9.17) is 37.0 Å². The Morgan fingerprint density at radius 3 is 0.854 bits per heavy atom. The van der Waals surface area contributed by atoms with Crippen molar-refractivity contribution in [1.29, 1.82) is 0 Å². The highest BCUT2D eigenvalue weighted by Gasteiger charge is 2.30. The zero-order chi connectivity index (χ0) is 70.5. The van der Waals surface area contributed by atoms with Crippen molar-refractivity contribution in [2.24, 2.45) is 5.92 Å². The summed E-state index contributed by atoms with van der Waals surface area (Å²) in [5.41, 5.74) is 0. The quantitative estimate of drug-likeness (QED) is 0.0169. The largest absolute Gasteiger partial charge is 0.472 e. The van der Waals surface area contributed by atoms with Gasteiger partial charge in [-0.25, -0.2) is 9.13 Å². The van der Waals surface area contributed by atoms with Gasteiger partial charge < -0.3 is 33.8 Å². The zero-order valence-corrected chi connectivity index (χ0v) is 63.8. The molecular formula is C77H146O17P2. The number of hydrogen-bond donors (Lipinski definition) is 3. The van der Waals surface area contributed by atoms with E-state index in [1.165, 1.54) is 186 Å². The number of esters is 4. The van der Waals surface area contributed by atoms with Gasteiger partial charge in [0.25, 0.3) is 0 Å². The normalized spacial score (nSPS) is 14.1. The summed E-state index contributed by atoms with van der Waals surface area (Å²) < 4.78 is 68.5. The standard InChI is InChI=1S/C77H146O17P2/c1-6-9-12-15-18-21-23-25-28-33-36-41-46-51-56-61-75(80)88-67-73(94-77(82)63-58-53-48-43-38-34-30-27-29-31-35-40-44-49-54-59-70(4)5)69-92-96(85,86)90-65-71(78)64-89-95(83,84)91-68-72(66-87-74(79)60-55-50-45-39-20-17-14-11-8-3)93-76(81)62-57-52-47-42-37-32-26-24-22-19-16-13-10-7-2/h21,23,25,28,70-73,78H,6-20,22,24,26-27,29-69H2,1-5H3,(H,83,84)(H,85,86)/b23-21-,28-25-/t71-,72+,73+/m0/s1. The Bertz CT molecular complexity index is 1930. The van der Waals surface area contributed by atoms with Crippen LogP contribution in [0.5, 0.6) is 0 Å². The van der Waals surface area contributed by atoms with Crippen LogP contribution in [0.1, 0.15) is 381 Å². The third-order valence-electron chi connectivity index (χ3n) is 17.4. The average molecular weight is 1410 g/mol. The third kappa shape index (κ3) is 70.0. The number of rotatable bonds is 75. The topological polar surface area (TPSA) is 237 Å². The van der Waals surface area contributed by atoms with Gasteiger partial charge in [-0.2, -0.15) is 0 Å². The summed E-state index contributed by atoms with van der Waals surface area (Å²) >= 11 is 0. The maximum Gasteiger partial charge on any atom is 0.472 e. The van der Waals surface area contributed by atoms with Crippen molar-refractivity contribution in [3.05, 3.63) is 24.3 Å². The second-order valence-electron chi connectivity index (χ2n) is 27.5. The van der Waals surface area contributed by atoms with E-state index in [1.54, 1.807) is 0 Å². The van der Waals surface area contributed by atoms with Crippen molar-refractivity contribution in [3.63, 3.8) is 0 Å². The molecule has 0 aromatic rings. The van der Waals surface area contributed by atoms with E-state index in [-0.39, 0.29) is 25.7 Å². The van der Waals surface area contributed by atoms with Crippen LogP contribution in [0.15, 0.2) is 24.3 Å². The van der Waals surface area contributed by atoms with Gasteiger partial charge in [-0.3, -0.25) is 37.3 Å². The fourth-order valence-corrected chi connectivity index (χ4v) is 12.9. The fourth-order valence-electron chi connectivity index (χ4n) is 11.3. The van der Waals surface area contributed by atoms with E-state index in [1.807, 2.05) is 0 Å². The van der Waals surface area contributed by atoms with E-state index in [0.29, 0.717) is 25.7 Å². The molecule has 0 heterocycles. The molecule has 0 fully saturated rings. The van der Waals surface area contributed by atoms with Crippen LogP contribution in [-0.4, -0.2) is 96.7 Å². The predicted molar refractivity (Wildman–Crippen MR) is 391 cm³/mol. The number of ether oxygens (including phenoxy) is 4. The lowest BCUT2D eigenvalue weighted by molar-refractivity contribution is -0.161. The first kappa shape index (κ1) is 93.5. The Labute approximate surface area is 586 Å². The van der Waals surface area contributed by atoms with Crippen LogP contribution in [0.2, 0.25) is 0 Å². The predicted octanol–water partition coefficient (Wildman–Crippen LogP) is 22.4. The minimum Gasteiger partial charge on any atom is -0.462 e. The molecule has 0 saturated carbocycles. The molecule has 0 amide bonds. The number of phosphoric ester groups is 2. The van der Waals surface area contributed by atoms with Gasteiger partial charge in [0.1, 0.15) is 19.3 Å². The molecule has 5 atom stereocenters. The molecule has 0 rings (SSSR count). The molecular weight excluding hydrogens is 1260 g/mol. The third-order valence-corrected chi connectivity index (χ3v) is 19.3. The van der Waals surface area contributed by atoms with Crippen molar-refractivity contribution < 1.29 is 80.2 Å². The summed E-state index contributed by atoms with van der Waals surface area (Å²) in [7, 11) is -9.92. The molecule has 0 aliphatic carbocycles. The Hall–Kier alpha value is -2.46. The summed E-state index contributed by atoms with van der Waals surface area (Å²) in [4.78, 5) is 72.8. The average Bonchev–Trinajstić information content (AvgIpc) is 1.43. The monoisotopic (exact) mass is 1410 g/mol. The van der Waals surface area contributed by atoms with Gasteiger partial charge in [-0.05, 0) is 57.3 Å². The van der Waals surface area contributed by atoms with E-state index in [0.717, 1.165) is 115 Å². The summed E-state index contributed by atoms with van der Waals surface area (Å²) in [5, 5.41) is 10.6. The molecule has 3 N–H and O–H groups in total. The number of aliphatic hydroxyl groups excluding tert-OH is 1. The summed E-state index contributed by atoms with van der Waals surface area (Å²) in [6, 6.07) is 0. The summed E-state index contributed by atoms with van der Waals surface area (Å²) in [5.74, 6) is -1.34. The van der Waals surface area contributed by atoms with Gasteiger partial charge >= 0.3 is 39.5 Å². The number of aliphatic hydroxyl groups is 1. The fraction of sp³-hybridized carbons (Fsp3) is 0.896. The lowest BCUT2D eigenvalue weighted by Crippen LogP contribution is -2.30. The van der Waals surface area contributed by atoms with Crippen LogP contribution >= 0.6 is 15.6 Å². The van der Waals surface area contributed by atoms with Crippen LogP contribution in [0, 0.1) is 5.92 Å². The van der Waals surface area contributed by atoms with Crippen molar-refractivity contribution >= 4 is 39.5 Å². The van der Waals surface area contributed by atoms with E-state index in [2.05, 4.69) is 58.9 Å². The second kappa shape index (κ2) is 69.6. The van der Waals surface area contributed by atoms with Crippen LogP contribution < -0.4 is 0 Å². The summed E-state index contributed by atoms with van der Waals surface area (Å²) in [6.45, 7) is 7.25. The SMILES string of the molecule is CCCCCC/C=C\C=C/CCCCCCCC(=O)OC[C@H](COP(=O)(O)OC[C@@H](O)COP(=O)(O)OC[C@@H](COC(=O)CCCCCCCCCCC)OC(=O)CCCCCCCCCCCCCCCC)OC(=O)CCCCCCCCCCCCCCCCCC(C)C. The molecule has 0 bridgehead atoms. The highest BCUT2D eigenvalue weighted by Crippen LogP contribution is 2.45. The lowest BCUT2D eigenvalue weighted by atomic mass is 10.0. The molecule has 566 valence electrons. The molecule has 0 aliphatic heterocycles. The van der Waals surface area contributed by atoms with Crippen LogP contribution in [-0.2, 0) is 65.4 Å². The van der Waals surface area contributed by atoms with Gasteiger partial charge in [0, 0.05) is 25.7 Å². The lowest BCUT2D eigenvalue weighted by Gasteiger charge is -2.21. The van der Waals surface area contributed by atoms with Crippen LogP contribution in [0.3, 0.4) is 0 Å². The van der Waals surface area contributed by atoms with Gasteiger partial charge in [-0.15, -0.1) is 0 Å². The minimum atomic E-state index is -4.96. The number of carbonyl (C=O) groups is 4. The molecule has 0 aromatic heterocycles. The van der Waals surface area contributed by atoms with E-state index in [9.17, 15) is 43.2 Å². The highest BCUT2D eigenvalue weighted by molar-refractivity contribution is 7.47. The maximum atomic E-state index is 13.1. The van der Waals surface area contributed by atoms with E-state index >= 15 is 0 Å². The van der Waals surface area contributed by atoms with Gasteiger partial charge in [0.05, 0.1) is 26.4 Å². The maximum absolute atomic E-state index is 13.1. The second-order valence-corrected chi connectivity index (χ2v) is 30.4. The molecule has 17 nitrogen and oxygen atoms in total. The first-order valence-corrected chi connectivity index (χ1v) is 42.4. The zero-order valence-electron chi connectivity index (χ0n) is 62.0. The summed E-state index contributed by atoms with van der Waals surface area (Å²) in [6.07, 6.45) is 61.7. The van der Waals surface area contributed by atoms with E-state index < -0.39 is 97.5 Å². The number of unbranched alkanes of at least 4 members (excludes halogenated alkanes) is 44. The van der Waals surface area contributed by atoms with Crippen molar-refractivity contribution in [2.75, 3.05) is 39.6 Å².